The number of benzene rings is 1. The van der Waals surface area contributed by atoms with Crippen LogP contribution in [0.1, 0.15) is 56.2 Å². The first-order valence-electron chi connectivity index (χ1n) is 11.7. The lowest BCUT2D eigenvalue weighted by atomic mass is 9.88. The highest BCUT2D eigenvalue weighted by atomic mass is 16.7. The van der Waals surface area contributed by atoms with Gasteiger partial charge in [-0.2, -0.15) is 0 Å². The van der Waals surface area contributed by atoms with Crippen LogP contribution in [-0.4, -0.2) is 12.9 Å². The average Bonchev–Trinajstić information content (AvgIpc) is 3.28. The molecule has 1 unspecified atom stereocenters. The zero-order valence-electron chi connectivity index (χ0n) is 19.6. The molecule has 1 aromatic rings. The first-order valence-corrected chi connectivity index (χ1v) is 11.7. The van der Waals surface area contributed by atoms with E-state index in [1.165, 1.54) is 51.8 Å². The smallest absolute Gasteiger partial charge is 0.189 e. The summed E-state index contributed by atoms with van der Waals surface area (Å²) in [5, 5.41) is 0. The minimum Gasteiger partial charge on any atom is -0.469 e. The molecule has 3 aliphatic rings. The van der Waals surface area contributed by atoms with Crippen molar-refractivity contribution in [3.63, 3.8) is 0 Å². The van der Waals surface area contributed by atoms with Crippen LogP contribution < -0.4 is 0 Å². The largest absolute Gasteiger partial charge is 0.469 e. The van der Waals surface area contributed by atoms with E-state index in [0.717, 1.165) is 30.6 Å². The van der Waals surface area contributed by atoms with Crippen LogP contribution in [0.15, 0.2) is 95.4 Å². The lowest BCUT2D eigenvalue weighted by Gasteiger charge is -2.18. The number of fused-ring (bicyclic) bond motifs is 1. The Morgan fingerprint density at radius 3 is 2.81 bits per heavy atom. The molecule has 1 fully saturated rings. The van der Waals surface area contributed by atoms with Crippen LogP contribution in [0, 0.1) is 6.92 Å². The molecule has 0 saturated carbocycles. The van der Waals surface area contributed by atoms with Gasteiger partial charge in [-0.1, -0.05) is 66.3 Å². The third kappa shape index (κ3) is 5.14. The van der Waals surface area contributed by atoms with Crippen molar-refractivity contribution in [1.82, 2.24) is 0 Å². The van der Waals surface area contributed by atoms with Crippen LogP contribution >= 0.6 is 0 Å². The van der Waals surface area contributed by atoms with Crippen molar-refractivity contribution in [3.8, 4) is 0 Å². The summed E-state index contributed by atoms with van der Waals surface area (Å²) in [4.78, 5) is 0. The second-order valence-electron chi connectivity index (χ2n) is 8.85. The molecule has 2 heteroatoms. The highest BCUT2D eigenvalue weighted by Gasteiger charge is 2.26. The van der Waals surface area contributed by atoms with E-state index in [2.05, 4.69) is 88.1 Å². The molecule has 1 aromatic carbocycles. The predicted octanol–water partition coefficient (Wildman–Crippen LogP) is 7.70. The van der Waals surface area contributed by atoms with Crippen molar-refractivity contribution in [2.24, 2.45) is 0 Å². The van der Waals surface area contributed by atoms with E-state index in [4.69, 9.17) is 9.47 Å². The zero-order valence-corrected chi connectivity index (χ0v) is 19.6. The fourth-order valence-corrected chi connectivity index (χ4v) is 4.50. The molecule has 4 rings (SSSR count). The molecule has 0 bridgehead atoms. The van der Waals surface area contributed by atoms with Gasteiger partial charge < -0.3 is 9.47 Å². The molecule has 0 radical (unpaired) electrons. The number of allylic oxidation sites excluding steroid dienone is 11. The first kappa shape index (κ1) is 22.4. The Hall–Kier alpha value is -2.84. The number of rotatable bonds is 7. The van der Waals surface area contributed by atoms with Gasteiger partial charge in [0.05, 0.1) is 0 Å². The highest BCUT2D eigenvalue weighted by molar-refractivity contribution is 5.82. The summed E-state index contributed by atoms with van der Waals surface area (Å²) in [5.41, 5.74) is 10.0. The van der Waals surface area contributed by atoms with E-state index in [-0.39, 0.29) is 6.10 Å². The Morgan fingerprint density at radius 1 is 1.19 bits per heavy atom. The summed E-state index contributed by atoms with van der Waals surface area (Å²) in [6.07, 6.45) is 21.2. The maximum absolute atomic E-state index is 5.65. The normalized spacial score (nSPS) is 20.8. The Balaban J connectivity index is 1.60. The predicted molar refractivity (Wildman–Crippen MR) is 134 cm³/mol. The van der Waals surface area contributed by atoms with E-state index in [9.17, 15) is 0 Å². The summed E-state index contributed by atoms with van der Waals surface area (Å²) in [5.74, 6) is 0.941. The average molecular weight is 427 g/mol. The van der Waals surface area contributed by atoms with Crippen LogP contribution in [0.25, 0.3) is 5.57 Å². The third-order valence-corrected chi connectivity index (χ3v) is 6.43. The molecule has 166 valence electrons. The van der Waals surface area contributed by atoms with Gasteiger partial charge in [0.25, 0.3) is 0 Å². The molecule has 2 nitrogen and oxygen atoms in total. The molecule has 32 heavy (non-hydrogen) atoms. The molecule has 0 spiro atoms. The summed E-state index contributed by atoms with van der Waals surface area (Å²) in [7, 11) is 0. The number of hydrogen-bond donors (Lipinski definition) is 0. The molecule has 1 saturated heterocycles. The van der Waals surface area contributed by atoms with E-state index < -0.39 is 0 Å². The van der Waals surface area contributed by atoms with Crippen LogP contribution in [0.3, 0.4) is 0 Å². The maximum Gasteiger partial charge on any atom is 0.189 e. The molecule has 2 aliphatic carbocycles. The quantitative estimate of drug-likeness (QED) is 0.416. The Bertz CT molecular complexity index is 1070. The van der Waals surface area contributed by atoms with Crippen molar-refractivity contribution < 1.29 is 9.47 Å². The minimum absolute atomic E-state index is 0.0782. The molecule has 0 amide bonds. The fourth-order valence-electron chi connectivity index (χ4n) is 4.50. The molecule has 0 aromatic heterocycles. The molecular formula is C30H34O2. The second kappa shape index (κ2) is 10.2. The van der Waals surface area contributed by atoms with Gasteiger partial charge in [0.1, 0.15) is 11.9 Å². The highest BCUT2D eigenvalue weighted by Crippen LogP contribution is 2.33. The zero-order chi connectivity index (χ0) is 22.5. The first-order chi connectivity index (χ1) is 15.5. The van der Waals surface area contributed by atoms with Crippen LogP contribution in [0.5, 0.6) is 0 Å². The molecule has 1 heterocycles. The Morgan fingerprint density at radius 2 is 2.06 bits per heavy atom. The van der Waals surface area contributed by atoms with Crippen molar-refractivity contribution in [2.75, 3.05) is 6.79 Å². The van der Waals surface area contributed by atoms with Gasteiger partial charge >= 0.3 is 0 Å². The summed E-state index contributed by atoms with van der Waals surface area (Å²) in [6.45, 7) is 11.0. The Kier molecular flexibility index (Phi) is 7.12. The van der Waals surface area contributed by atoms with Gasteiger partial charge in [-0.15, -0.1) is 0 Å². The number of ether oxygens (including phenoxy) is 2. The van der Waals surface area contributed by atoms with E-state index in [1.807, 2.05) is 0 Å². The SMILES string of the molecule is C=C(C)C(=CC(=CC)C1=CCC2OCOC2=C1)c1cc(CCC2=CCCC=C2)ccc1C. The van der Waals surface area contributed by atoms with Gasteiger partial charge in [0.15, 0.2) is 6.79 Å². The molecule has 1 atom stereocenters. The van der Waals surface area contributed by atoms with Crippen molar-refractivity contribution in [2.45, 2.75) is 59.0 Å². The topological polar surface area (TPSA) is 18.5 Å². The van der Waals surface area contributed by atoms with Gasteiger partial charge in [0.2, 0.25) is 0 Å². The van der Waals surface area contributed by atoms with Gasteiger partial charge in [-0.3, -0.25) is 0 Å². The number of aryl methyl sites for hydroxylation is 2. The third-order valence-electron chi connectivity index (χ3n) is 6.43. The maximum atomic E-state index is 5.65. The van der Waals surface area contributed by atoms with E-state index in [1.54, 1.807) is 0 Å². The fraction of sp³-hybridized carbons (Fsp3) is 0.333. The van der Waals surface area contributed by atoms with Gasteiger partial charge in [-0.25, -0.2) is 0 Å². The number of hydrogen-bond acceptors (Lipinski definition) is 2. The van der Waals surface area contributed by atoms with Crippen molar-refractivity contribution >= 4 is 5.57 Å². The minimum atomic E-state index is 0.0782. The molecule has 0 N–H and O–H groups in total. The molecular weight excluding hydrogens is 392 g/mol. The van der Waals surface area contributed by atoms with Crippen molar-refractivity contribution in [1.29, 1.82) is 0 Å². The van der Waals surface area contributed by atoms with Gasteiger partial charge in [-0.05, 0) is 98.4 Å². The lowest BCUT2D eigenvalue weighted by molar-refractivity contribution is 0.0509. The van der Waals surface area contributed by atoms with Crippen LogP contribution in [-0.2, 0) is 15.9 Å². The second-order valence-corrected chi connectivity index (χ2v) is 8.85. The van der Waals surface area contributed by atoms with E-state index in [0.29, 0.717) is 6.79 Å². The van der Waals surface area contributed by atoms with Gasteiger partial charge in [0, 0.05) is 0 Å². The standard InChI is InChI=1S/C30H34O2/c1-5-25(26-15-16-29-30(19-26)32-20-31-29)18-27(21(2)3)28-17-24(12-11-22(28)4)14-13-23-9-7-6-8-10-23/h5,7,9-12,15,17-19,29H,2,6,8,13-14,16,20H2,1,3-4H3. The summed E-state index contributed by atoms with van der Waals surface area (Å²) in [6, 6.07) is 6.87. The summed E-state index contributed by atoms with van der Waals surface area (Å²) < 4.78 is 11.3. The Labute approximate surface area is 193 Å². The van der Waals surface area contributed by atoms with Crippen molar-refractivity contribution in [3.05, 3.63) is 112 Å². The lowest BCUT2D eigenvalue weighted by Crippen LogP contribution is -2.10. The summed E-state index contributed by atoms with van der Waals surface area (Å²) >= 11 is 0. The molecule has 1 aliphatic heterocycles. The van der Waals surface area contributed by atoms with Crippen LogP contribution in [0.4, 0.5) is 0 Å². The van der Waals surface area contributed by atoms with Crippen LogP contribution in [0.2, 0.25) is 0 Å². The van der Waals surface area contributed by atoms with E-state index >= 15 is 0 Å². The monoisotopic (exact) mass is 426 g/mol.